The average Bonchev–Trinajstić information content (AvgIpc) is 2.69. The molecule has 7 heteroatoms. The molecule has 1 heterocycles. The summed E-state index contributed by atoms with van der Waals surface area (Å²) < 4.78 is 11.6. The third kappa shape index (κ3) is 4.01. The van der Waals surface area contributed by atoms with Crippen LogP contribution in [0.1, 0.15) is 13.8 Å². The number of amides is 1. The largest absolute Gasteiger partial charge is 0.476 e. The van der Waals surface area contributed by atoms with E-state index in [9.17, 15) is 9.59 Å². The van der Waals surface area contributed by atoms with Gasteiger partial charge in [0.25, 0.3) is 5.91 Å². The van der Waals surface area contributed by atoms with E-state index < -0.39 is 5.43 Å². The van der Waals surface area contributed by atoms with Gasteiger partial charge in [-0.1, -0.05) is 53.5 Å². The summed E-state index contributed by atoms with van der Waals surface area (Å²) in [5.74, 6) is -0.0418. The van der Waals surface area contributed by atoms with Crippen LogP contribution >= 0.6 is 23.2 Å². The lowest BCUT2D eigenvalue weighted by molar-refractivity contribution is -0.132. The van der Waals surface area contributed by atoms with Crippen LogP contribution in [0.5, 0.6) is 5.75 Å². The van der Waals surface area contributed by atoms with Crippen LogP contribution in [0, 0.1) is 0 Å². The van der Waals surface area contributed by atoms with E-state index >= 15 is 0 Å². The number of ether oxygens (including phenoxy) is 1. The molecule has 3 aromatic rings. The lowest BCUT2D eigenvalue weighted by Gasteiger charge is -2.19. The van der Waals surface area contributed by atoms with E-state index in [1.165, 1.54) is 12.1 Å². The minimum absolute atomic E-state index is 0.0439. The molecule has 0 radical (unpaired) electrons. The van der Waals surface area contributed by atoms with E-state index in [2.05, 4.69) is 0 Å². The van der Waals surface area contributed by atoms with Gasteiger partial charge in [-0.3, -0.25) is 9.59 Å². The standard InChI is InChI=1S/C21H19Cl2NO4/c1-3-24(4-2)17(25)12-27-21-18(26)15-10-14(22)11-16(23)20(15)28-19(21)13-8-6-5-7-9-13/h5-11H,3-4,12H2,1-2H3. The van der Waals surface area contributed by atoms with Gasteiger partial charge in [0.05, 0.1) is 10.4 Å². The molecule has 0 spiro atoms. The Hall–Kier alpha value is -2.50. The van der Waals surface area contributed by atoms with Crippen molar-refractivity contribution in [1.29, 1.82) is 0 Å². The topological polar surface area (TPSA) is 59.8 Å². The van der Waals surface area contributed by atoms with E-state index in [0.717, 1.165) is 0 Å². The number of fused-ring (bicyclic) bond motifs is 1. The smallest absolute Gasteiger partial charge is 0.260 e. The Balaban J connectivity index is 2.14. The molecular formula is C21H19Cl2NO4. The van der Waals surface area contributed by atoms with E-state index in [1.807, 2.05) is 32.0 Å². The normalized spacial score (nSPS) is 10.9. The molecule has 1 aromatic heterocycles. The summed E-state index contributed by atoms with van der Waals surface area (Å²) in [4.78, 5) is 27.1. The van der Waals surface area contributed by atoms with Crippen molar-refractivity contribution < 1.29 is 13.9 Å². The third-order valence-corrected chi connectivity index (χ3v) is 4.86. The van der Waals surface area contributed by atoms with Gasteiger partial charge in [0.15, 0.2) is 18.0 Å². The molecule has 0 aliphatic heterocycles. The first-order valence-electron chi connectivity index (χ1n) is 8.88. The molecule has 0 fully saturated rings. The highest BCUT2D eigenvalue weighted by Crippen LogP contribution is 2.34. The highest BCUT2D eigenvalue weighted by molar-refractivity contribution is 6.38. The van der Waals surface area contributed by atoms with Crippen molar-refractivity contribution in [3.63, 3.8) is 0 Å². The van der Waals surface area contributed by atoms with Crippen LogP contribution in [0.25, 0.3) is 22.3 Å². The lowest BCUT2D eigenvalue weighted by atomic mass is 10.1. The Morgan fingerprint density at radius 2 is 1.79 bits per heavy atom. The first kappa shape index (κ1) is 20.2. The number of nitrogens with zero attached hydrogens (tertiary/aromatic N) is 1. The highest BCUT2D eigenvalue weighted by atomic mass is 35.5. The first-order valence-corrected chi connectivity index (χ1v) is 9.63. The summed E-state index contributed by atoms with van der Waals surface area (Å²) >= 11 is 12.3. The number of likely N-dealkylation sites (N-methyl/N-ethyl adjacent to an activating group) is 1. The number of rotatable bonds is 6. The van der Waals surface area contributed by atoms with Gasteiger partial charge in [0.1, 0.15) is 0 Å². The SMILES string of the molecule is CCN(CC)C(=O)COc1c(-c2ccccc2)oc2c(Cl)cc(Cl)cc2c1=O. The van der Waals surface area contributed by atoms with Crippen molar-refractivity contribution in [1.82, 2.24) is 4.90 Å². The summed E-state index contributed by atoms with van der Waals surface area (Å²) in [6, 6.07) is 12.0. The van der Waals surface area contributed by atoms with Gasteiger partial charge in [-0.15, -0.1) is 0 Å². The molecule has 0 saturated heterocycles. The van der Waals surface area contributed by atoms with Gasteiger partial charge < -0.3 is 14.1 Å². The maximum absolute atomic E-state index is 13.1. The molecule has 28 heavy (non-hydrogen) atoms. The predicted molar refractivity (Wildman–Crippen MR) is 111 cm³/mol. The van der Waals surface area contributed by atoms with E-state index in [1.54, 1.807) is 17.0 Å². The average molecular weight is 420 g/mol. The van der Waals surface area contributed by atoms with E-state index in [4.69, 9.17) is 32.4 Å². The molecule has 0 atom stereocenters. The van der Waals surface area contributed by atoms with Gasteiger partial charge in [-0.25, -0.2) is 0 Å². The van der Waals surface area contributed by atoms with Crippen molar-refractivity contribution >= 4 is 40.1 Å². The zero-order valence-electron chi connectivity index (χ0n) is 15.5. The van der Waals surface area contributed by atoms with Gasteiger partial charge in [0, 0.05) is 23.7 Å². The molecule has 0 aliphatic carbocycles. The van der Waals surface area contributed by atoms with E-state index in [-0.39, 0.29) is 40.0 Å². The van der Waals surface area contributed by atoms with Crippen LogP contribution < -0.4 is 10.2 Å². The second kappa shape index (κ2) is 8.67. The molecule has 3 rings (SSSR count). The molecule has 0 aliphatic rings. The second-order valence-electron chi connectivity index (χ2n) is 6.07. The van der Waals surface area contributed by atoms with Crippen molar-refractivity contribution in [2.24, 2.45) is 0 Å². The Labute approximate surface area is 172 Å². The highest BCUT2D eigenvalue weighted by Gasteiger charge is 2.21. The number of carbonyl (C=O) groups excluding carboxylic acids is 1. The monoisotopic (exact) mass is 419 g/mol. The van der Waals surface area contributed by atoms with E-state index in [0.29, 0.717) is 23.7 Å². The summed E-state index contributed by atoms with van der Waals surface area (Å²) in [6.45, 7) is 4.60. The van der Waals surface area contributed by atoms with Crippen LogP contribution in [-0.4, -0.2) is 30.5 Å². The number of halogens is 2. The van der Waals surface area contributed by atoms with Gasteiger partial charge >= 0.3 is 0 Å². The fourth-order valence-electron chi connectivity index (χ4n) is 2.92. The summed E-state index contributed by atoms with van der Waals surface area (Å²) in [5.41, 5.74) is 0.423. The molecule has 0 saturated carbocycles. The maximum Gasteiger partial charge on any atom is 0.260 e. The fourth-order valence-corrected chi connectivity index (χ4v) is 3.45. The number of hydrogen-bond donors (Lipinski definition) is 0. The zero-order valence-corrected chi connectivity index (χ0v) is 17.0. The zero-order chi connectivity index (χ0) is 20.3. The number of carbonyl (C=O) groups is 1. The summed E-state index contributed by atoms with van der Waals surface area (Å²) in [6.07, 6.45) is 0. The Morgan fingerprint density at radius 3 is 2.43 bits per heavy atom. The van der Waals surface area contributed by atoms with Crippen LogP contribution in [0.4, 0.5) is 0 Å². The van der Waals surface area contributed by atoms with Crippen molar-refractivity contribution in [3.8, 4) is 17.1 Å². The molecule has 0 N–H and O–H groups in total. The summed E-state index contributed by atoms with van der Waals surface area (Å²) in [5, 5.41) is 0.729. The first-order chi connectivity index (χ1) is 13.5. The van der Waals surface area contributed by atoms with Crippen LogP contribution in [0.2, 0.25) is 10.0 Å². The van der Waals surface area contributed by atoms with Crippen LogP contribution in [-0.2, 0) is 4.79 Å². The van der Waals surface area contributed by atoms with Gasteiger partial charge in [0.2, 0.25) is 11.2 Å². The molecule has 1 amide bonds. The van der Waals surface area contributed by atoms with Crippen molar-refractivity contribution in [3.05, 3.63) is 62.7 Å². The number of hydrogen-bond acceptors (Lipinski definition) is 4. The molecule has 0 unspecified atom stereocenters. The molecule has 2 aromatic carbocycles. The van der Waals surface area contributed by atoms with Crippen molar-refractivity contribution in [2.45, 2.75) is 13.8 Å². The molecule has 5 nitrogen and oxygen atoms in total. The Morgan fingerprint density at radius 1 is 1.11 bits per heavy atom. The maximum atomic E-state index is 13.1. The van der Waals surface area contributed by atoms with Crippen LogP contribution in [0.3, 0.4) is 0 Å². The third-order valence-electron chi connectivity index (χ3n) is 4.36. The van der Waals surface area contributed by atoms with Gasteiger partial charge in [-0.05, 0) is 26.0 Å². The predicted octanol–water partition coefficient (Wildman–Crippen LogP) is 5.01. The summed E-state index contributed by atoms with van der Waals surface area (Å²) in [7, 11) is 0. The quantitative estimate of drug-likeness (QED) is 0.562. The van der Waals surface area contributed by atoms with Crippen LogP contribution in [0.15, 0.2) is 51.7 Å². The van der Waals surface area contributed by atoms with Gasteiger partial charge in [-0.2, -0.15) is 0 Å². The fraction of sp³-hybridized carbons (Fsp3) is 0.238. The molecule has 146 valence electrons. The Bertz CT molecular complexity index is 1060. The molecule has 0 bridgehead atoms. The molecular weight excluding hydrogens is 401 g/mol. The lowest BCUT2D eigenvalue weighted by Crippen LogP contribution is -2.35. The minimum atomic E-state index is -0.433. The Kier molecular flexibility index (Phi) is 6.27. The number of benzene rings is 2. The van der Waals surface area contributed by atoms with Crippen molar-refractivity contribution in [2.75, 3.05) is 19.7 Å². The minimum Gasteiger partial charge on any atom is -0.476 e. The second-order valence-corrected chi connectivity index (χ2v) is 6.92.